The molecular formula is C11H10N4O6. The quantitative estimate of drug-likeness (QED) is 0.290. The molecule has 21 heavy (non-hydrogen) atoms. The van der Waals surface area contributed by atoms with Crippen molar-refractivity contribution in [2.24, 2.45) is 10.2 Å². The summed E-state index contributed by atoms with van der Waals surface area (Å²) in [6, 6.07) is 3.17. The minimum atomic E-state index is -0.857. The van der Waals surface area contributed by atoms with Crippen LogP contribution in [0.15, 0.2) is 39.9 Å². The van der Waals surface area contributed by atoms with Crippen molar-refractivity contribution in [3.63, 3.8) is 0 Å². The summed E-state index contributed by atoms with van der Waals surface area (Å²) in [4.78, 5) is 31.2. The fourth-order valence-corrected chi connectivity index (χ4v) is 1.41. The van der Waals surface area contributed by atoms with Crippen LogP contribution in [-0.4, -0.2) is 20.7 Å². The molecule has 1 N–H and O–H groups in total. The Kier molecular flexibility index (Phi) is 4.78. The molecule has 10 heteroatoms. The second kappa shape index (κ2) is 6.32. The lowest BCUT2D eigenvalue weighted by Gasteiger charge is -1.99. The van der Waals surface area contributed by atoms with E-state index in [4.69, 9.17) is 0 Å². The minimum Gasteiger partial charge on any atom is -0.510 e. The van der Waals surface area contributed by atoms with Crippen LogP contribution in [0.4, 0.5) is 17.1 Å². The molecule has 0 aliphatic carbocycles. The van der Waals surface area contributed by atoms with Gasteiger partial charge in [0.1, 0.15) is 5.76 Å². The summed E-state index contributed by atoms with van der Waals surface area (Å²) >= 11 is 0. The molecule has 0 fully saturated rings. The molecule has 1 rings (SSSR count). The van der Waals surface area contributed by atoms with Crippen LogP contribution >= 0.6 is 0 Å². The van der Waals surface area contributed by atoms with Crippen molar-refractivity contribution in [3.8, 4) is 0 Å². The molecule has 0 bridgehead atoms. The number of ketones is 1. The van der Waals surface area contributed by atoms with Crippen LogP contribution in [0.5, 0.6) is 0 Å². The maximum absolute atomic E-state index is 11.2. The molecule has 0 atom stereocenters. The van der Waals surface area contributed by atoms with Crippen LogP contribution in [0.25, 0.3) is 0 Å². The van der Waals surface area contributed by atoms with Crippen molar-refractivity contribution in [2.75, 3.05) is 0 Å². The van der Waals surface area contributed by atoms with Crippen molar-refractivity contribution in [3.05, 3.63) is 49.9 Å². The summed E-state index contributed by atoms with van der Waals surface area (Å²) in [6.07, 6.45) is 0. The Morgan fingerprint density at radius 1 is 1.14 bits per heavy atom. The lowest BCUT2D eigenvalue weighted by molar-refractivity contribution is -0.392. The van der Waals surface area contributed by atoms with E-state index in [1.54, 1.807) is 0 Å². The van der Waals surface area contributed by atoms with Gasteiger partial charge in [-0.2, -0.15) is 0 Å². The van der Waals surface area contributed by atoms with Crippen LogP contribution in [-0.2, 0) is 4.79 Å². The molecule has 0 saturated carbocycles. The molecule has 10 nitrogen and oxygen atoms in total. The second-order valence-corrected chi connectivity index (χ2v) is 3.85. The third-order valence-corrected chi connectivity index (χ3v) is 2.31. The topological polar surface area (TPSA) is 148 Å². The summed E-state index contributed by atoms with van der Waals surface area (Å²) in [6.45, 7) is 2.27. The van der Waals surface area contributed by atoms with Gasteiger partial charge in [-0.25, -0.2) is 0 Å². The molecule has 0 aliphatic heterocycles. The third kappa shape index (κ3) is 3.65. The number of carbonyl (C=O) groups is 1. The zero-order chi connectivity index (χ0) is 16.2. The summed E-state index contributed by atoms with van der Waals surface area (Å²) in [5.74, 6) is -1.09. The Bertz CT molecular complexity index is 643. The van der Waals surface area contributed by atoms with Crippen molar-refractivity contribution in [1.82, 2.24) is 0 Å². The highest BCUT2D eigenvalue weighted by molar-refractivity contribution is 5.93. The second-order valence-electron chi connectivity index (χ2n) is 3.85. The predicted octanol–water partition coefficient (Wildman–Crippen LogP) is 2.97. The summed E-state index contributed by atoms with van der Waals surface area (Å²) < 4.78 is 0. The first-order valence-corrected chi connectivity index (χ1v) is 5.50. The molecule has 0 aromatic heterocycles. The van der Waals surface area contributed by atoms with Gasteiger partial charge in [0, 0.05) is 19.1 Å². The Morgan fingerprint density at radius 2 is 1.62 bits per heavy atom. The van der Waals surface area contributed by atoms with Gasteiger partial charge in [0.25, 0.3) is 0 Å². The van der Waals surface area contributed by atoms with Gasteiger partial charge in [-0.1, -0.05) is 0 Å². The first kappa shape index (κ1) is 15.9. The van der Waals surface area contributed by atoms with Crippen LogP contribution in [0, 0.1) is 20.2 Å². The fourth-order valence-electron chi connectivity index (χ4n) is 1.41. The number of azo groups is 1. The van der Waals surface area contributed by atoms with E-state index in [1.165, 1.54) is 6.92 Å². The van der Waals surface area contributed by atoms with E-state index in [-0.39, 0.29) is 0 Å². The van der Waals surface area contributed by atoms with Crippen molar-refractivity contribution in [1.29, 1.82) is 0 Å². The molecule has 0 heterocycles. The van der Waals surface area contributed by atoms with E-state index in [0.717, 1.165) is 25.1 Å². The van der Waals surface area contributed by atoms with Gasteiger partial charge in [0.05, 0.1) is 9.85 Å². The molecule has 0 unspecified atom stereocenters. The Morgan fingerprint density at radius 3 is 1.95 bits per heavy atom. The molecule has 110 valence electrons. The fraction of sp³-hybridized carbons (Fsp3) is 0.182. The highest BCUT2D eigenvalue weighted by Crippen LogP contribution is 2.37. The lowest BCUT2D eigenvalue weighted by Crippen LogP contribution is -1.97. The molecule has 0 spiro atoms. The SMILES string of the molecule is CC(=O)/C(N=Nc1c([N+](=O)[O-])cccc1[N+](=O)[O-])=C(/C)O. The number of hydrogen-bond donors (Lipinski definition) is 1. The number of Topliss-reactive ketones (excluding diaryl/α,β-unsaturated/α-hetero) is 1. The molecular weight excluding hydrogens is 284 g/mol. The summed E-state index contributed by atoms with van der Waals surface area (Å²) in [5.41, 5.74) is -2.31. The molecule has 1 aromatic carbocycles. The zero-order valence-corrected chi connectivity index (χ0v) is 11.0. The predicted molar refractivity (Wildman–Crippen MR) is 70.3 cm³/mol. The van der Waals surface area contributed by atoms with Crippen molar-refractivity contribution < 1.29 is 19.7 Å². The number of aliphatic hydroxyl groups excluding tert-OH is 1. The van der Waals surface area contributed by atoms with Gasteiger partial charge < -0.3 is 5.11 Å². The largest absolute Gasteiger partial charge is 0.510 e. The van der Waals surface area contributed by atoms with Crippen LogP contribution in [0.3, 0.4) is 0 Å². The van der Waals surface area contributed by atoms with E-state index in [0.29, 0.717) is 0 Å². The summed E-state index contributed by atoms with van der Waals surface area (Å²) in [5, 5.41) is 37.7. The smallest absolute Gasteiger partial charge is 0.303 e. The highest BCUT2D eigenvalue weighted by Gasteiger charge is 2.25. The van der Waals surface area contributed by atoms with Crippen LogP contribution in [0.2, 0.25) is 0 Å². The number of rotatable bonds is 5. The van der Waals surface area contributed by atoms with E-state index >= 15 is 0 Å². The third-order valence-electron chi connectivity index (χ3n) is 2.31. The van der Waals surface area contributed by atoms with Crippen molar-refractivity contribution in [2.45, 2.75) is 13.8 Å². The maximum atomic E-state index is 11.2. The number of hydrogen-bond acceptors (Lipinski definition) is 8. The minimum absolute atomic E-state index is 0.442. The number of nitro groups is 2. The first-order chi connectivity index (χ1) is 9.75. The number of nitrogens with zero attached hydrogens (tertiary/aromatic N) is 4. The van der Waals surface area contributed by atoms with Gasteiger partial charge >= 0.3 is 11.4 Å². The van der Waals surface area contributed by atoms with E-state index in [1.807, 2.05) is 0 Å². The van der Waals surface area contributed by atoms with Gasteiger partial charge in [-0.05, 0) is 13.0 Å². The van der Waals surface area contributed by atoms with E-state index in [2.05, 4.69) is 10.2 Å². The van der Waals surface area contributed by atoms with Gasteiger partial charge in [-0.3, -0.25) is 25.0 Å². The average molecular weight is 294 g/mol. The number of benzene rings is 1. The maximum Gasteiger partial charge on any atom is 0.303 e. The number of nitro benzene ring substituents is 2. The highest BCUT2D eigenvalue weighted by atomic mass is 16.6. The van der Waals surface area contributed by atoms with Crippen LogP contribution < -0.4 is 0 Å². The van der Waals surface area contributed by atoms with Gasteiger partial charge in [0.2, 0.25) is 5.69 Å². The Hall–Kier alpha value is -3.17. The average Bonchev–Trinajstić information content (AvgIpc) is 2.37. The number of carbonyl (C=O) groups excluding carboxylic acids is 1. The number of aliphatic hydroxyl groups is 1. The first-order valence-electron chi connectivity index (χ1n) is 5.50. The Balaban J connectivity index is 3.48. The normalized spacial score (nSPS) is 12.1. The monoisotopic (exact) mass is 294 g/mol. The Labute approximate surface area is 117 Å². The molecule has 1 aromatic rings. The standard InChI is InChI=1S/C11H10N4O6/c1-6(16)10(7(2)17)12-13-11-8(14(18)19)4-3-5-9(11)15(20)21/h3-5,16H,1-2H3/b10-6+,13-12?. The zero-order valence-electron chi connectivity index (χ0n) is 11.0. The number of allylic oxidation sites excluding steroid dienone is 2. The van der Waals surface area contributed by atoms with Gasteiger partial charge in [-0.15, -0.1) is 10.2 Å². The molecule has 0 radical (unpaired) electrons. The molecule has 0 aliphatic rings. The van der Waals surface area contributed by atoms with E-state index < -0.39 is 44.1 Å². The molecule has 0 saturated heterocycles. The van der Waals surface area contributed by atoms with Crippen molar-refractivity contribution >= 4 is 22.8 Å². The summed E-state index contributed by atoms with van der Waals surface area (Å²) in [7, 11) is 0. The van der Waals surface area contributed by atoms with Gasteiger partial charge in [0.15, 0.2) is 11.5 Å². The lowest BCUT2D eigenvalue weighted by atomic mass is 10.2. The van der Waals surface area contributed by atoms with E-state index in [9.17, 15) is 30.1 Å². The molecule has 0 amide bonds. The van der Waals surface area contributed by atoms with Crippen LogP contribution in [0.1, 0.15) is 13.8 Å².